The zero-order chi connectivity index (χ0) is 20.1. The molecule has 0 bridgehead atoms. The molecule has 0 saturated carbocycles. The Labute approximate surface area is 162 Å². The fourth-order valence-corrected chi connectivity index (χ4v) is 3.27. The minimum Gasteiger partial charge on any atom is -0.466 e. The zero-order valence-electron chi connectivity index (χ0n) is 15.4. The second kappa shape index (κ2) is 8.47. The summed E-state index contributed by atoms with van der Waals surface area (Å²) >= 11 is 0. The van der Waals surface area contributed by atoms with Crippen molar-refractivity contribution in [1.29, 1.82) is 0 Å². The van der Waals surface area contributed by atoms with Crippen molar-refractivity contribution >= 4 is 29.3 Å². The Morgan fingerprint density at radius 1 is 1.21 bits per heavy atom. The lowest BCUT2D eigenvalue weighted by atomic mass is 9.99. The SMILES string of the molecule is CCOC(=O)[C@@H]1CC(=O)N(c2ccccc2)[C@H]1/C=C/c1ccc([N+](=O)[O-])cc1. The average Bonchev–Trinajstić information content (AvgIpc) is 3.04. The Bertz CT molecular complexity index is 893. The number of nitro groups is 1. The molecule has 144 valence electrons. The number of benzene rings is 2. The number of nitro benzene ring substituents is 1. The summed E-state index contributed by atoms with van der Waals surface area (Å²) in [5.41, 5.74) is 1.45. The van der Waals surface area contributed by atoms with Gasteiger partial charge in [-0.15, -0.1) is 0 Å². The summed E-state index contributed by atoms with van der Waals surface area (Å²) in [7, 11) is 0. The van der Waals surface area contributed by atoms with E-state index in [2.05, 4.69) is 0 Å². The Kier molecular flexibility index (Phi) is 5.84. The highest BCUT2D eigenvalue weighted by atomic mass is 16.6. The lowest BCUT2D eigenvalue weighted by Gasteiger charge is -2.25. The van der Waals surface area contributed by atoms with Crippen molar-refractivity contribution in [2.75, 3.05) is 11.5 Å². The fraction of sp³-hybridized carbons (Fsp3) is 0.238. The standard InChI is InChI=1S/C21H20N2O5/c1-2-28-21(25)18-14-20(24)22(16-6-4-3-5-7-16)19(18)13-10-15-8-11-17(12-9-15)23(26)27/h3-13,18-19H,2,14H2,1H3/b13-10+/t18-,19+/m1/s1. The van der Waals surface area contributed by atoms with E-state index in [1.165, 1.54) is 12.1 Å². The summed E-state index contributed by atoms with van der Waals surface area (Å²) in [5.74, 6) is -1.17. The van der Waals surface area contributed by atoms with Crippen LogP contribution in [0.3, 0.4) is 0 Å². The van der Waals surface area contributed by atoms with Gasteiger partial charge in [-0.05, 0) is 36.8 Å². The van der Waals surface area contributed by atoms with Gasteiger partial charge in [-0.3, -0.25) is 19.7 Å². The maximum absolute atomic E-state index is 12.6. The van der Waals surface area contributed by atoms with Crippen molar-refractivity contribution in [3.63, 3.8) is 0 Å². The predicted octanol–water partition coefficient (Wildman–Crippen LogP) is 3.59. The first-order valence-corrected chi connectivity index (χ1v) is 8.97. The number of esters is 1. The molecule has 3 rings (SSSR count). The highest BCUT2D eigenvalue weighted by molar-refractivity contribution is 6.01. The lowest BCUT2D eigenvalue weighted by molar-refractivity contribution is -0.384. The summed E-state index contributed by atoms with van der Waals surface area (Å²) < 4.78 is 5.16. The molecule has 0 unspecified atom stereocenters. The molecule has 1 heterocycles. The van der Waals surface area contributed by atoms with Gasteiger partial charge in [0.05, 0.1) is 23.5 Å². The average molecular weight is 380 g/mol. The van der Waals surface area contributed by atoms with Crippen LogP contribution < -0.4 is 4.90 Å². The van der Waals surface area contributed by atoms with E-state index < -0.39 is 22.9 Å². The van der Waals surface area contributed by atoms with Gasteiger partial charge in [-0.2, -0.15) is 0 Å². The summed E-state index contributed by atoms with van der Waals surface area (Å²) in [5, 5.41) is 10.8. The Hall–Kier alpha value is -3.48. The van der Waals surface area contributed by atoms with E-state index in [0.717, 1.165) is 5.56 Å². The van der Waals surface area contributed by atoms with Gasteiger partial charge in [0.1, 0.15) is 0 Å². The third kappa shape index (κ3) is 4.09. The van der Waals surface area contributed by atoms with Gasteiger partial charge in [-0.1, -0.05) is 30.4 Å². The number of para-hydroxylation sites is 1. The molecule has 1 aliphatic rings. The minimum atomic E-state index is -0.609. The molecular weight excluding hydrogens is 360 g/mol. The van der Waals surface area contributed by atoms with Crippen molar-refractivity contribution < 1.29 is 19.2 Å². The van der Waals surface area contributed by atoms with E-state index in [1.54, 1.807) is 36.1 Å². The number of carbonyl (C=O) groups excluding carboxylic acids is 2. The van der Waals surface area contributed by atoms with Crippen molar-refractivity contribution in [2.45, 2.75) is 19.4 Å². The maximum atomic E-state index is 12.6. The third-order valence-electron chi connectivity index (χ3n) is 4.59. The van der Waals surface area contributed by atoms with Gasteiger partial charge in [-0.25, -0.2) is 0 Å². The van der Waals surface area contributed by atoms with E-state index in [4.69, 9.17) is 4.74 Å². The number of non-ortho nitro benzene ring substituents is 1. The van der Waals surface area contributed by atoms with Crippen molar-refractivity contribution in [1.82, 2.24) is 0 Å². The first-order valence-electron chi connectivity index (χ1n) is 8.97. The number of hydrogen-bond acceptors (Lipinski definition) is 5. The van der Waals surface area contributed by atoms with Gasteiger partial charge in [0.2, 0.25) is 5.91 Å². The van der Waals surface area contributed by atoms with Crippen LogP contribution in [0, 0.1) is 16.0 Å². The second-order valence-corrected chi connectivity index (χ2v) is 6.36. The van der Waals surface area contributed by atoms with Crippen LogP contribution in [0.25, 0.3) is 6.08 Å². The molecule has 2 aromatic rings. The van der Waals surface area contributed by atoms with Crippen LogP contribution in [0.1, 0.15) is 18.9 Å². The number of carbonyl (C=O) groups is 2. The fourth-order valence-electron chi connectivity index (χ4n) is 3.27. The van der Waals surface area contributed by atoms with Crippen LogP contribution in [0.5, 0.6) is 0 Å². The lowest BCUT2D eigenvalue weighted by Crippen LogP contribution is -2.36. The molecule has 0 radical (unpaired) electrons. The molecular formula is C21H20N2O5. The summed E-state index contributed by atoms with van der Waals surface area (Å²) in [6.07, 6.45) is 3.61. The van der Waals surface area contributed by atoms with Crippen LogP contribution in [0.15, 0.2) is 60.7 Å². The quantitative estimate of drug-likeness (QED) is 0.434. The Balaban J connectivity index is 1.91. The van der Waals surface area contributed by atoms with Crippen molar-refractivity contribution in [3.8, 4) is 0 Å². The van der Waals surface area contributed by atoms with Crippen LogP contribution in [0.2, 0.25) is 0 Å². The number of rotatable bonds is 6. The molecule has 1 saturated heterocycles. The molecule has 2 aromatic carbocycles. The van der Waals surface area contributed by atoms with Gasteiger partial charge >= 0.3 is 5.97 Å². The largest absolute Gasteiger partial charge is 0.466 e. The third-order valence-corrected chi connectivity index (χ3v) is 4.59. The van der Waals surface area contributed by atoms with Gasteiger partial charge in [0.15, 0.2) is 0 Å². The van der Waals surface area contributed by atoms with E-state index in [1.807, 2.05) is 30.3 Å². The predicted molar refractivity (Wildman–Crippen MR) is 105 cm³/mol. The summed E-state index contributed by atoms with van der Waals surface area (Å²) in [6, 6.07) is 14.7. The van der Waals surface area contributed by atoms with Gasteiger partial charge in [0.25, 0.3) is 5.69 Å². The monoisotopic (exact) mass is 380 g/mol. The van der Waals surface area contributed by atoms with E-state index in [9.17, 15) is 19.7 Å². The maximum Gasteiger partial charge on any atom is 0.311 e. The van der Waals surface area contributed by atoms with E-state index in [-0.39, 0.29) is 24.6 Å². The Morgan fingerprint density at radius 3 is 2.50 bits per heavy atom. The summed E-state index contributed by atoms with van der Waals surface area (Å²) in [6.45, 7) is 1.97. The molecule has 1 fully saturated rings. The van der Waals surface area contributed by atoms with Crippen LogP contribution in [-0.4, -0.2) is 29.4 Å². The normalized spacial score (nSPS) is 19.2. The van der Waals surface area contributed by atoms with E-state index in [0.29, 0.717) is 5.69 Å². The summed E-state index contributed by atoms with van der Waals surface area (Å²) in [4.78, 5) is 37.0. The molecule has 28 heavy (non-hydrogen) atoms. The van der Waals surface area contributed by atoms with Crippen LogP contribution in [0.4, 0.5) is 11.4 Å². The number of anilines is 1. The second-order valence-electron chi connectivity index (χ2n) is 6.36. The zero-order valence-corrected chi connectivity index (χ0v) is 15.4. The highest BCUT2D eigenvalue weighted by Crippen LogP contribution is 2.33. The van der Waals surface area contributed by atoms with Gasteiger partial charge < -0.3 is 9.64 Å². The molecule has 0 N–H and O–H groups in total. The van der Waals surface area contributed by atoms with Crippen LogP contribution >= 0.6 is 0 Å². The number of ether oxygens (including phenoxy) is 1. The van der Waals surface area contributed by atoms with Gasteiger partial charge in [0, 0.05) is 24.2 Å². The molecule has 7 nitrogen and oxygen atoms in total. The minimum absolute atomic E-state index is 0.00325. The van der Waals surface area contributed by atoms with E-state index >= 15 is 0 Å². The van der Waals surface area contributed by atoms with Crippen molar-refractivity contribution in [3.05, 3.63) is 76.4 Å². The Morgan fingerprint density at radius 2 is 1.89 bits per heavy atom. The number of nitrogens with zero attached hydrogens (tertiary/aromatic N) is 2. The molecule has 1 amide bonds. The first kappa shape index (κ1) is 19.3. The highest BCUT2D eigenvalue weighted by Gasteiger charge is 2.43. The molecule has 7 heteroatoms. The molecule has 0 spiro atoms. The topological polar surface area (TPSA) is 89.8 Å². The number of amides is 1. The molecule has 1 aliphatic heterocycles. The van der Waals surface area contributed by atoms with Crippen LogP contribution in [-0.2, 0) is 14.3 Å². The molecule has 0 aromatic heterocycles. The molecule has 2 atom stereocenters. The first-order chi connectivity index (χ1) is 13.5. The van der Waals surface area contributed by atoms with Crippen molar-refractivity contribution in [2.24, 2.45) is 5.92 Å². The smallest absolute Gasteiger partial charge is 0.311 e. The molecule has 0 aliphatic carbocycles. The number of hydrogen-bond donors (Lipinski definition) is 0.